The van der Waals surface area contributed by atoms with Crippen molar-refractivity contribution >= 4 is 28.4 Å². The van der Waals surface area contributed by atoms with Crippen molar-refractivity contribution in [1.29, 1.82) is 0 Å². The van der Waals surface area contributed by atoms with Crippen molar-refractivity contribution in [3.8, 4) is 0 Å². The molecule has 11 nitrogen and oxygen atoms in total. The van der Waals surface area contributed by atoms with Crippen LogP contribution in [0.4, 0.5) is 11.4 Å². The summed E-state index contributed by atoms with van der Waals surface area (Å²) in [5.74, 6) is -1.80. The number of imidazole rings is 1. The highest BCUT2D eigenvalue weighted by Gasteiger charge is 2.33. The Hall–Kier alpha value is -3.60. The average molecular weight is 370 g/mol. The van der Waals surface area contributed by atoms with E-state index in [2.05, 4.69) is 20.9 Å². The summed E-state index contributed by atoms with van der Waals surface area (Å²) >= 11 is 0. The average Bonchev–Trinajstić information content (AvgIpc) is 3.17. The van der Waals surface area contributed by atoms with E-state index in [1.807, 2.05) is 24.3 Å². The molecule has 2 aromatic heterocycles. The van der Waals surface area contributed by atoms with Crippen LogP contribution in [0.15, 0.2) is 40.2 Å². The largest absolute Gasteiger partial charge is 0.332 e. The summed E-state index contributed by atoms with van der Waals surface area (Å²) in [7, 11) is 2.89. The number of para-hydroxylation sites is 2. The third kappa shape index (κ3) is 2.64. The normalized spacial score (nSPS) is 14.5. The molecule has 0 fully saturated rings. The molecule has 1 aromatic carbocycles. The number of aromatic nitrogens is 4. The van der Waals surface area contributed by atoms with Crippen LogP contribution in [-0.2, 0) is 25.4 Å². The van der Waals surface area contributed by atoms with E-state index < -0.39 is 23.1 Å². The molecule has 27 heavy (non-hydrogen) atoms. The lowest BCUT2D eigenvalue weighted by Gasteiger charge is -2.26. The number of benzene rings is 1. The molecule has 140 valence electrons. The van der Waals surface area contributed by atoms with E-state index in [0.29, 0.717) is 0 Å². The van der Waals surface area contributed by atoms with Crippen LogP contribution in [0, 0.1) is 0 Å². The molecule has 0 spiro atoms. The standard InChI is InChI=1S/C16H18N8O3/c1-22-13-12(14(26)23(2)15(22)27)24(8-18-13)7-11(25)21-16(17)19-9-5-3-4-6-10(9)20-16/h3-6,8,19-20H,7,17H2,1-2H3,(H,21,25). The number of carbonyl (C=O) groups excluding carboxylic acids is 1. The van der Waals surface area contributed by atoms with Gasteiger partial charge >= 0.3 is 5.69 Å². The van der Waals surface area contributed by atoms with E-state index in [1.165, 1.54) is 29.6 Å². The molecule has 11 heteroatoms. The predicted molar refractivity (Wildman–Crippen MR) is 99.0 cm³/mol. The third-order valence-electron chi connectivity index (χ3n) is 4.46. The molecule has 5 N–H and O–H groups in total. The second kappa shape index (κ2) is 5.71. The second-order valence-corrected chi connectivity index (χ2v) is 6.40. The molecular formula is C16H18N8O3. The first-order chi connectivity index (χ1) is 12.8. The molecule has 0 atom stereocenters. The van der Waals surface area contributed by atoms with Crippen LogP contribution in [0.3, 0.4) is 0 Å². The van der Waals surface area contributed by atoms with Crippen molar-refractivity contribution in [2.75, 3.05) is 10.6 Å². The Morgan fingerprint density at radius 2 is 1.81 bits per heavy atom. The van der Waals surface area contributed by atoms with E-state index in [1.54, 1.807) is 0 Å². The molecule has 0 bridgehead atoms. The predicted octanol–water partition coefficient (Wildman–Crippen LogP) is -1.34. The molecule has 0 radical (unpaired) electrons. The molecule has 0 saturated carbocycles. The van der Waals surface area contributed by atoms with Crippen molar-refractivity contribution in [3.63, 3.8) is 0 Å². The summed E-state index contributed by atoms with van der Waals surface area (Å²) in [6, 6.07) is 7.35. The maximum Gasteiger partial charge on any atom is 0.332 e. The maximum atomic E-state index is 12.5. The van der Waals surface area contributed by atoms with Gasteiger partial charge < -0.3 is 20.5 Å². The van der Waals surface area contributed by atoms with Gasteiger partial charge in [-0.3, -0.25) is 24.5 Å². The van der Waals surface area contributed by atoms with E-state index in [0.717, 1.165) is 15.9 Å². The highest BCUT2D eigenvalue weighted by molar-refractivity contribution is 5.83. The van der Waals surface area contributed by atoms with E-state index in [9.17, 15) is 14.4 Å². The highest BCUT2D eigenvalue weighted by Crippen LogP contribution is 2.29. The first kappa shape index (κ1) is 16.8. The Bertz CT molecular complexity index is 1160. The van der Waals surface area contributed by atoms with Crippen molar-refractivity contribution < 1.29 is 4.79 Å². The van der Waals surface area contributed by atoms with Crippen LogP contribution in [0.5, 0.6) is 0 Å². The monoisotopic (exact) mass is 370 g/mol. The van der Waals surface area contributed by atoms with Gasteiger partial charge in [0.05, 0.1) is 17.7 Å². The van der Waals surface area contributed by atoms with Gasteiger partial charge in [0.15, 0.2) is 11.2 Å². The van der Waals surface area contributed by atoms with E-state index in [4.69, 9.17) is 5.73 Å². The van der Waals surface area contributed by atoms with Crippen molar-refractivity contribution in [1.82, 2.24) is 24.0 Å². The topological polar surface area (TPSA) is 141 Å². The molecule has 3 heterocycles. The van der Waals surface area contributed by atoms with E-state index in [-0.39, 0.29) is 17.7 Å². The number of fused-ring (bicyclic) bond motifs is 2. The third-order valence-corrected chi connectivity index (χ3v) is 4.46. The van der Waals surface area contributed by atoms with Crippen LogP contribution in [-0.4, -0.2) is 30.5 Å². The van der Waals surface area contributed by atoms with Crippen LogP contribution >= 0.6 is 0 Å². The molecule has 1 aliphatic heterocycles. The van der Waals surface area contributed by atoms with Gasteiger partial charge in [0.25, 0.3) is 5.56 Å². The van der Waals surface area contributed by atoms with Crippen LogP contribution in [0.1, 0.15) is 0 Å². The number of anilines is 2. The molecule has 0 aliphatic carbocycles. The first-order valence-corrected chi connectivity index (χ1v) is 8.15. The SMILES string of the molecule is Cn1c(=O)c2c(ncn2CC(=O)NC2(N)Nc3ccccc3N2)n(C)c1=O. The summed E-state index contributed by atoms with van der Waals surface area (Å²) in [6.45, 7) is -0.192. The smallest absolute Gasteiger partial charge is 0.331 e. The quantitative estimate of drug-likeness (QED) is 0.418. The summed E-state index contributed by atoms with van der Waals surface area (Å²) < 4.78 is 3.61. The van der Waals surface area contributed by atoms with Crippen LogP contribution in [0.25, 0.3) is 11.2 Å². The van der Waals surface area contributed by atoms with Crippen LogP contribution < -0.4 is 32.9 Å². The Balaban J connectivity index is 1.60. The van der Waals surface area contributed by atoms with Crippen LogP contribution in [0.2, 0.25) is 0 Å². The number of aryl methyl sites for hydroxylation is 1. The second-order valence-electron chi connectivity index (χ2n) is 6.40. The summed E-state index contributed by atoms with van der Waals surface area (Å²) in [4.78, 5) is 41.0. The summed E-state index contributed by atoms with van der Waals surface area (Å²) in [5, 5.41) is 8.64. The molecule has 1 aliphatic rings. The highest BCUT2D eigenvalue weighted by atomic mass is 16.2. The van der Waals surface area contributed by atoms with Crippen molar-refractivity contribution in [3.05, 3.63) is 51.4 Å². The Morgan fingerprint density at radius 1 is 1.19 bits per heavy atom. The van der Waals surface area contributed by atoms with Gasteiger partial charge in [-0.25, -0.2) is 9.78 Å². The van der Waals surface area contributed by atoms with Gasteiger partial charge in [-0.1, -0.05) is 12.1 Å². The fourth-order valence-electron chi connectivity index (χ4n) is 3.15. The van der Waals surface area contributed by atoms with Gasteiger partial charge in [-0.2, -0.15) is 0 Å². The minimum Gasteiger partial charge on any atom is -0.331 e. The lowest BCUT2D eigenvalue weighted by Crippen LogP contribution is -2.64. The maximum absolute atomic E-state index is 12.5. The number of hydrogen-bond donors (Lipinski definition) is 4. The van der Waals surface area contributed by atoms with Gasteiger partial charge in [-0.15, -0.1) is 0 Å². The van der Waals surface area contributed by atoms with Gasteiger partial charge in [-0.05, 0) is 12.1 Å². The van der Waals surface area contributed by atoms with E-state index >= 15 is 0 Å². The number of nitrogens with zero attached hydrogens (tertiary/aromatic N) is 4. The lowest BCUT2D eigenvalue weighted by atomic mass is 10.3. The van der Waals surface area contributed by atoms with Gasteiger partial charge in [0, 0.05) is 14.1 Å². The minimum absolute atomic E-state index is 0.163. The number of hydrogen-bond acceptors (Lipinski definition) is 7. The molecular weight excluding hydrogens is 352 g/mol. The van der Waals surface area contributed by atoms with Gasteiger partial charge in [0.2, 0.25) is 11.8 Å². The fraction of sp³-hybridized carbons (Fsp3) is 0.250. The molecule has 4 rings (SSSR count). The molecule has 3 aromatic rings. The zero-order valence-corrected chi connectivity index (χ0v) is 14.7. The zero-order valence-electron chi connectivity index (χ0n) is 14.7. The fourth-order valence-corrected chi connectivity index (χ4v) is 3.15. The number of amides is 1. The molecule has 0 saturated heterocycles. The first-order valence-electron chi connectivity index (χ1n) is 8.15. The molecule has 1 amide bonds. The number of carbonyl (C=O) groups is 1. The minimum atomic E-state index is -1.35. The number of nitrogens with one attached hydrogen (secondary N) is 3. The lowest BCUT2D eigenvalue weighted by molar-refractivity contribution is -0.122. The Morgan fingerprint density at radius 3 is 2.44 bits per heavy atom. The van der Waals surface area contributed by atoms with Gasteiger partial charge in [0.1, 0.15) is 6.54 Å². The number of rotatable bonds is 3. The number of nitrogens with two attached hydrogens (primary N) is 1. The van der Waals surface area contributed by atoms with Crippen molar-refractivity contribution in [2.45, 2.75) is 12.5 Å². The Kier molecular flexibility index (Phi) is 3.56. The molecule has 0 unspecified atom stereocenters. The Labute approximate surface area is 152 Å². The van der Waals surface area contributed by atoms with Crippen molar-refractivity contribution in [2.24, 2.45) is 19.8 Å². The summed E-state index contributed by atoms with van der Waals surface area (Å²) in [6.07, 6.45) is 1.35. The summed E-state index contributed by atoms with van der Waals surface area (Å²) in [5.41, 5.74) is 7.05. The zero-order chi connectivity index (χ0) is 19.3.